The van der Waals surface area contributed by atoms with Gasteiger partial charge in [-0.3, -0.25) is 0 Å². The smallest absolute Gasteiger partial charge is 0.161 e. The Kier molecular flexibility index (Phi) is 3.19. The first-order valence-electron chi connectivity index (χ1n) is 6.27. The molecule has 1 aromatic carbocycles. The van der Waals surface area contributed by atoms with Crippen LogP contribution in [-0.2, 0) is 0 Å². The lowest BCUT2D eigenvalue weighted by Gasteiger charge is -2.10. The van der Waals surface area contributed by atoms with Crippen molar-refractivity contribution in [1.82, 2.24) is 14.6 Å². The molecule has 0 aliphatic heterocycles. The minimum Gasteiger partial charge on any atom is -0.216 e. The second-order valence-corrected chi connectivity index (χ2v) is 5.55. The summed E-state index contributed by atoms with van der Waals surface area (Å²) in [5.41, 5.74) is 5.39. The van der Waals surface area contributed by atoms with Crippen LogP contribution in [0.5, 0.6) is 0 Å². The topological polar surface area (TPSA) is 30.2 Å². The average molecular weight is 306 g/mol. The van der Waals surface area contributed by atoms with Crippen LogP contribution in [0.1, 0.15) is 16.8 Å². The van der Waals surface area contributed by atoms with E-state index in [9.17, 15) is 0 Å². The maximum Gasteiger partial charge on any atom is 0.161 e. The fourth-order valence-electron chi connectivity index (χ4n) is 2.28. The molecule has 3 nitrogen and oxygen atoms in total. The highest BCUT2D eigenvalue weighted by atomic mass is 35.5. The van der Waals surface area contributed by atoms with Crippen LogP contribution >= 0.6 is 23.2 Å². The van der Waals surface area contributed by atoms with Crippen molar-refractivity contribution in [2.24, 2.45) is 0 Å². The highest BCUT2D eigenvalue weighted by Crippen LogP contribution is 2.36. The van der Waals surface area contributed by atoms with E-state index in [1.165, 1.54) is 0 Å². The first-order chi connectivity index (χ1) is 9.50. The Morgan fingerprint density at radius 3 is 2.45 bits per heavy atom. The van der Waals surface area contributed by atoms with E-state index in [-0.39, 0.29) is 0 Å². The van der Waals surface area contributed by atoms with Gasteiger partial charge in [-0.15, -0.1) is 0 Å². The number of aryl methyl sites for hydroxylation is 3. The standard InChI is InChI=1S/C15H13Cl2N3/c1-8-6-4-5-7-11(8)12-13(16)18-15-9(2)10(3)19-20(15)14(12)17/h4-7H,1-3H3. The summed E-state index contributed by atoms with van der Waals surface area (Å²) in [5.74, 6) is 0. The second kappa shape index (κ2) is 4.76. The van der Waals surface area contributed by atoms with Crippen LogP contribution < -0.4 is 0 Å². The van der Waals surface area contributed by atoms with Gasteiger partial charge >= 0.3 is 0 Å². The third-order valence-corrected chi connectivity index (χ3v) is 4.17. The van der Waals surface area contributed by atoms with Crippen LogP contribution in [0.2, 0.25) is 10.3 Å². The number of halogens is 2. The van der Waals surface area contributed by atoms with Crippen molar-refractivity contribution in [1.29, 1.82) is 0 Å². The number of fused-ring (bicyclic) bond motifs is 1. The molecule has 0 amide bonds. The number of rotatable bonds is 1. The Hall–Kier alpha value is -1.58. The molecule has 0 atom stereocenters. The molecule has 2 heterocycles. The van der Waals surface area contributed by atoms with Gasteiger partial charge in [0.1, 0.15) is 10.3 Å². The molecule has 0 spiro atoms. The molecule has 2 aromatic heterocycles. The Morgan fingerprint density at radius 2 is 1.75 bits per heavy atom. The van der Waals surface area contributed by atoms with Crippen molar-refractivity contribution in [3.63, 3.8) is 0 Å². The van der Waals surface area contributed by atoms with Crippen molar-refractivity contribution in [2.75, 3.05) is 0 Å². The molecule has 0 fully saturated rings. The van der Waals surface area contributed by atoms with Crippen molar-refractivity contribution in [2.45, 2.75) is 20.8 Å². The fourth-order valence-corrected chi connectivity index (χ4v) is 2.91. The Morgan fingerprint density at radius 1 is 1.05 bits per heavy atom. The molecule has 0 saturated carbocycles. The minimum absolute atomic E-state index is 0.403. The van der Waals surface area contributed by atoms with Crippen molar-refractivity contribution < 1.29 is 0 Å². The summed E-state index contributed by atoms with van der Waals surface area (Å²) in [5, 5.41) is 5.33. The molecule has 0 aliphatic carbocycles. The van der Waals surface area contributed by atoms with Gasteiger partial charge in [-0.1, -0.05) is 47.5 Å². The van der Waals surface area contributed by atoms with E-state index in [2.05, 4.69) is 10.1 Å². The second-order valence-electron chi connectivity index (χ2n) is 4.83. The van der Waals surface area contributed by atoms with Crippen LogP contribution in [0.15, 0.2) is 24.3 Å². The van der Waals surface area contributed by atoms with Crippen LogP contribution in [0, 0.1) is 20.8 Å². The molecule has 102 valence electrons. The summed E-state index contributed by atoms with van der Waals surface area (Å²) >= 11 is 12.9. The molecular weight excluding hydrogens is 293 g/mol. The number of benzene rings is 1. The molecule has 0 radical (unpaired) electrons. The summed E-state index contributed by atoms with van der Waals surface area (Å²) in [4.78, 5) is 4.46. The lowest BCUT2D eigenvalue weighted by molar-refractivity contribution is 0.919. The molecule has 20 heavy (non-hydrogen) atoms. The van der Waals surface area contributed by atoms with Gasteiger partial charge in [-0.05, 0) is 31.9 Å². The van der Waals surface area contributed by atoms with Gasteiger partial charge in [0.05, 0.1) is 11.3 Å². The van der Waals surface area contributed by atoms with E-state index >= 15 is 0 Å². The molecule has 0 aliphatic rings. The van der Waals surface area contributed by atoms with E-state index in [0.717, 1.165) is 27.9 Å². The first kappa shape index (κ1) is 13.4. The summed E-state index contributed by atoms with van der Waals surface area (Å²) in [6, 6.07) is 7.94. The lowest BCUT2D eigenvalue weighted by atomic mass is 10.0. The number of hydrogen-bond acceptors (Lipinski definition) is 2. The minimum atomic E-state index is 0.403. The van der Waals surface area contributed by atoms with Gasteiger partial charge in [0, 0.05) is 5.56 Å². The monoisotopic (exact) mass is 305 g/mol. The van der Waals surface area contributed by atoms with Crippen molar-refractivity contribution >= 4 is 28.8 Å². The number of hydrogen-bond donors (Lipinski definition) is 0. The van der Waals surface area contributed by atoms with Gasteiger partial charge in [0.15, 0.2) is 5.65 Å². The predicted octanol–water partition coefficient (Wildman–Crippen LogP) is 4.63. The molecule has 3 rings (SSSR count). The molecule has 3 aromatic rings. The molecular formula is C15H13Cl2N3. The van der Waals surface area contributed by atoms with Crippen LogP contribution in [0.3, 0.4) is 0 Å². The van der Waals surface area contributed by atoms with Crippen LogP contribution in [-0.4, -0.2) is 14.6 Å². The zero-order chi connectivity index (χ0) is 14.4. The predicted molar refractivity (Wildman–Crippen MR) is 82.7 cm³/mol. The molecule has 0 bridgehead atoms. The van der Waals surface area contributed by atoms with Gasteiger partial charge in [-0.25, -0.2) is 9.50 Å². The van der Waals surface area contributed by atoms with E-state index in [1.54, 1.807) is 4.52 Å². The summed E-state index contributed by atoms with van der Waals surface area (Å²) in [6.07, 6.45) is 0. The Balaban J connectivity index is 2.41. The number of aromatic nitrogens is 3. The summed E-state index contributed by atoms with van der Waals surface area (Å²) in [7, 11) is 0. The first-order valence-corrected chi connectivity index (χ1v) is 7.03. The van der Waals surface area contributed by atoms with Gasteiger partial charge < -0.3 is 0 Å². The van der Waals surface area contributed by atoms with E-state index < -0.39 is 0 Å². The van der Waals surface area contributed by atoms with E-state index in [1.807, 2.05) is 45.0 Å². The Bertz CT molecular complexity index is 822. The van der Waals surface area contributed by atoms with Gasteiger partial charge in [0.25, 0.3) is 0 Å². The van der Waals surface area contributed by atoms with E-state index in [0.29, 0.717) is 16.0 Å². The van der Waals surface area contributed by atoms with Gasteiger partial charge in [-0.2, -0.15) is 5.10 Å². The number of nitrogens with zero attached hydrogens (tertiary/aromatic N) is 3. The van der Waals surface area contributed by atoms with Crippen molar-refractivity contribution in [3.8, 4) is 11.1 Å². The third kappa shape index (κ3) is 1.89. The van der Waals surface area contributed by atoms with Crippen LogP contribution in [0.4, 0.5) is 0 Å². The molecule has 0 N–H and O–H groups in total. The van der Waals surface area contributed by atoms with E-state index in [4.69, 9.17) is 23.2 Å². The highest BCUT2D eigenvalue weighted by molar-refractivity contribution is 6.38. The lowest BCUT2D eigenvalue weighted by Crippen LogP contribution is -1.98. The van der Waals surface area contributed by atoms with Crippen LogP contribution in [0.25, 0.3) is 16.8 Å². The normalized spacial score (nSPS) is 11.2. The van der Waals surface area contributed by atoms with Crippen molar-refractivity contribution in [3.05, 3.63) is 51.4 Å². The maximum atomic E-state index is 6.51. The molecule has 0 saturated heterocycles. The fraction of sp³-hybridized carbons (Fsp3) is 0.200. The summed E-state index contributed by atoms with van der Waals surface area (Å²) < 4.78 is 1.65. The zero-order valence-corrected chi connectivity index (χ0v) is 12.9. The summed E-state index contributed by atoms with van der Waals surface area (Å²) in [6.45, 7) is 5.91. The Labute approximate surface area is 127 Å². The maximum absolute atomic E-state index is 6.51. The molecule has 5 heteroatoms. The molecule has 0 unspecified atom stereocenters. The quantitative estimate of drug-likeness (QED) is 0.614. The highest BCUT2D eigenvalue weighted by Gasteiger charge is 2.18. The largest absolute Gasteiger partial charge is 0.216 e. The SMILES string of the molecule is Cc1ccccc1-c1c(Cl)nc2c(C)c(C)nn2c1Cl. The zero-order valence-electron chi connectivity index (χ0n) is 11.4. The van der Waals surface area contributed by atoms with Gasteiger partial charge in [0.2, 0.25) is 0 Å². The third-order valence-electron chi connectivity index (χ3n) is 3.55. The average Bonchev–Trinajstić information content (AvgIpc) is 2.69.